The van der Waals surface area contributed by atoms with Gasteiger partial charge in [-0.15, -0.1) is 0 Å². The molecule has 0 bridgehead atoms. The van der Waals surface area contributed by atoms with Crippen LogP contribution in [0.15, 0.2) is 42.7 Å². The van der Waals surface area contributed by atoms with Crippen molar-refractivity contribution in [3.63, 3.8) is 0 Å². The molecule has 2 N–H and O–H groups in total. The van der Waals surface area contributed by atoms with Gasteiger partial charge in [0.25, 0.3) is 0 Å². The molecule has 0 saturated heterocycles. The number of rotatable bonds is 3. The molecule has 1 fully saturated rings. The third kappa shape index (κ3) is 2.78. The van der Waals surface area contributed by atoms with Crippen molar-refractivity contribution in [2.24, 2.45) is 17.6 Å². The van der Waals surface area contributed by atoms with Gasteiger partial charge in [-0.2, -0.15) is 5.10 Å². The summed E-state index contributed by atoms with van der Waals surface area (Å²) < 4.78 is 1.92. The molecule has 1 aliphatic rings. The maximum absolute atomic E-state index is 6.45. The number of para-hydroxylation sites is 1. The smallest absolute Gasteiger partial charge is 0.0645 e. The third-order valence-corrected chi connectivity index (χ3v) is 4.58. The first-order chi connectivity index (χ1) is 9.74. The molecule has 106 valence electrons. The summed E-state index contributed by atoms with van der Waals surface area (Å²) in [6.07, 6.45) is 9.13. The van der Waals surface area contributed by atoms with Gasteiger partial charge in [-0.3, -0.25) is 0 Å². The van der Waals surface area contributed by atoms with Gasteiger partial charge in [0.05, 0.1) is 11.9 Å². The molecule has 20 heavy (non-hydrogen) atoms. The number of aromatic nitrogens is 2. The van der Waals surface area contributed by atoms with Gasteiger partial charge in [-0.25, -0.2) is 4.68 Å². The van der Waals surface area contributed by atoms with Crippen molar-refractivity contribution in [3.05, 3.63) is 48.3 Å². The van der Waals surface area contributed by atoms with E-state index in [9.17, 15) is 0 Å². The molecule has 1 heterocycles. The Hall–Kier alpha value is -1.61. The Labute approximate surface area is 120 Å². The average Bonchev–Trinajstić information content (AvgIpc) is 2.98. The molecule has 3 nitrogen and oxygen atoms in total. The number of nitrogens with two attached hydrogens (primary N) is 1. The van der Waals surface area contributed by atoms with E-state index in [1.165, 1.54) is 25.7 Å². The number of hydrogen-bond donors (Lipinski definition) is 1. The van der Waals surface area contributed by atoms with E-state index in [4.69, 9.17) is 5.73 Å². The van der Waals surface area contributed by atoms with E-state index < -0.39 is 0 Å². The van der Waals surface area contributed by atoms with Crippen molar-refractivity contribution in [2.75, 3.05) is 0 Å². The van der Waals surface area contributed by atoms with Crippen LogP contribution in [0.3, 0.4) is 0 Å². The van der Waals surface area contributed by atoms with Crippen molar-refractivity contribution >= 4 is 0 Å². The van der Waals surface area contributed by atoms with Crippen LogP contribution in [0.2, 0.25) is 0 Å². The fourth-order valence-corrected chi connectivity index (χ4v) is 3.15. The van der Waals surface area contributed by atoms with Gasteiger partial charge < -0.3 is 5.73 Å². The molecule has 3 rings (SSSR count). The molecular formula is C17H23N3. The molecule has 0 radical (unpaired) electrons. The quantitative estimate of drug-likeness (QED) is 0.923. The van der Waals surface area contributed by atoms with Crippen molar-refractivity contribution in [1.29, 1.82) is 0 Å². The third-order valence-electron chi connectivity index (χ3n) is 4.58. The molecule has 1 atom stereocenters. The molecule has 1 saturated carbocycles. The lowest BCUT2D eigenvalue weighted by Crippen LogP contribution is -2.25. The molecular weight excluding hydrogens is 246 g/mol. The minimum Gasteiger partial charge on any atom is -0.324 e. The van der Waals surface area contributed by atoms with Crippen LogP contribution in [0.5, 0.6) is 0 Å². The van der Waals surface area contributed by atoms with Gasteiger partial charge >= 0.3 is 0 Å². The van der Waals surface area contributed by atoms with Crippen molar-refractivity contribution in [2.45, 2.75) is 38.6 Å². The lowest BCUT2D eigenvalue weighted by molar-refractivity contribution is 0.256. The Morgan fingerprint density at radius 3 is 2.55 bits per heavy atom. The molecule has 3 heteroatoms. The fourth-order valence-electron chi connectivity index (χ4n) is 3.15. The monoisotopic (exact) mass is 269 g/mol. The molecule has 0 amide bonds. The first-order valence-electron chi connectivity index (χ1n) is 7.59. The standard InChI is InChI=1S/C17H23N3/c1-13-7-9-14(10-8-13)17(18)15-11-19-20(12-15)16-5-3-2-4-6-16/h2-6,11-14,17H,7-10,18H2,1H3. The van der Waals surface area contributed by atoms with Crippen LogP contribution in [-0.4, -0.2) is 9.78 Å². The average molecular weight is 269 g/mol. The van der Waals surface area contributed by atoms with Crippen molar-refractivity contribution < 1.29 is 0 Å². The van der Waals surface area contributed by atoms with E-state index in [2.05, 4.69) is 30.4 Å². The summed E-state index contributed by atoms with van der Waals surface area (Å²) >= 11 is 0. The molecule has 1 aliphatic carbocycles. The zero-order valence-corrected chi connectivity index (χ0v) is 12.1. The van der Waals surface area contributed by atoms with Gasteiger partial charge in [0, 0.05) is 17.8 Å². The molecule has 0 aliphatic heterocycles. The van der Waals surface area contributed by atoms with E-state index in [1.807, 2.05) is 29.1 Å². The van der Waals surface area contributed by atoms with Crippen LogP contribution in [0.25, 0.3) is 5.69 Å². The highest BCUT2D eigenvalue weighted by atomic mass is 15.3. The highest BCUT2D eigenvalue weighted by Gasteiger charge is 2.25. The minimum absolute atomic E-state index is 0.125. The number of benzene rings is 1. The fraction of sp³-hybridized carbons (Fsp3) is 0.471. The Morgan fingerprint density at radius 1 is 1.15 bits per heavy atom. The van der Waals surface area contributed by atoms with E-state index in [-0.39, 0.29) is 6.04 Å². The second-order valence-electron chi connectivity index (χ2n) is 6.10. The van der Waals surface area contributed by atoms with Crippen LogP contribution in [0.1, 0.15) is 44.2 Å². The normalized spacial score (nSPS) is 24.5. The Kier molecular flexibility index (Phi) is 3.88. The Balaban J connectivity index is 1.73. The van der Waals surface area contributed by atoms with E-state index in [1.54, 1.807) is 0 Å². The van der Waals surface area contributed by atoms with E-state index in [0.29, 0.717) is 5.92 Å². The lowest BCUT2D eigenvalue weighted by atomic mass is 9.78. The van der Waals surface area contributed by atoms with Crippen LogP contribution in [-0.2, 0) is 0 Å². The maximum atomic E-state index is 6.45. The summed E-state index contributed by atoms with van der Waals surface area (Å²) in [6.45, 7) is 2.34. The summed E-state index contributed by atoms with van der Waals surface area (Å²) in [5.74, 6) is 1.48. The van der Waals surface area contributed by atoms with Crippen LogP contribution in [0, 0.1) is 11.8 Å². The summed E-state index contributed by atoms with van der Waals surface area (Å²) in [7, 11) is 0. The summed E-state index contributed by atoms with van der Waals surface area (Å²) in [4.78, 5) is 0. The maximum Gasteiger partial charge on any atom is 0.0645 e. The van der Waals surface area contributed by atoms with Gasteiger partial charge in [0.2, 0.25) is 0 Å². The first kappa shape index (κ1) is 13.4. The second-order valence-corrected chi connectivity index (χ2v) is 6.10. The predicted octanol–water partition coefficient (Wildman–Crippen LogP) is 3.70. The van der Waals surface area contributed by atoms with Crippen LogP contribution in [0.4, 0.5) is 0 Å². The molecule has 1 unspecified atom stereocenters. The van der Waals surface area contributed by atoms with Gasteiger partial charge in [0.15, 0.2) is 0 Å². The Morgan fingerprint density at radius 2 is 1.85 bits per heavy atom. The van der Waals surface area contributed by atoms with Gasteiger partial charge in [-0.1, -0.05) is 38.0 Å². The molecule has 2 aromatic rings. The summed E-state index contributed by atoms with van der Waals surface area (Å²) in [6, 6.07) is 10.3. The second kappa shape index (κ2) is 5.80. The van der Waals surface area contributed by atoms with Gasteiger partial charge in [-0.05, 0) is 36.8 Å². The number of nitrogens with zero attached hydrogens (tertiary/aromatic N) is 2. The molecule has 1 aromatic carbocycles. The SMILES string of the molecule is CC1CCC(C(N)c2cnn(-c3ccccc3)c2)CC1. The first-order valence-corrected chi connectivity index (χ1v) is 7.59. The van der Waals surface area contributed by atoms with Crippen LogP contribution < -0.4 is 5.73 Å². The lowest BCUT2D eigenvalue weighted by Gasteiger charge is -2.30. The van der Waals surface area contributed by atoms with Gasteiger partial charge in [0.1, 0.15) is 0 Å². The zero-order chi connectivity index (χ0) is 13.9. The molecule has 0 spiro atoms. The zero-order valence-electron chi connectivity index (χ0n) is 12.1. The number of hydrogen-bond acceptors (Lipinski definition) is 2. The van der Waals surface area contributed by atoms with Crippen molar-refractivity contribution in [3.8, 4) is 5.69 Å². The predicted molar refractivity (Wildman–Crippen MR) is 81.6 cm³/mol. The largest absolute Gasteiger partial charge is 0.324 e. The Bertz CT molecular complexity index is 538. The molecule has 1 aromatic heterocycles. The van der Waals surface area contributed by atoms with Crippen LogP contribution >= 0.6 is 0 Å². The topological polar surface area (TPSA) is 43.8 Å². The summed E-state index contributed by atoms with van der Waals surface area (Å²) in [5.41, 5.74) is 8.70. The summed E-state index contributed by atoms with van der Waals surface area (Å²) in [5, 5.41) is 4.45. The van der Waals surface area contributed by atoms with Crippen molar-refractivity contribution in [1.82, 2.24) is 9.78 Å². The highest BCUT2D eigenvalue weighted by molar-refractivity contribution is 5.31. The minimum atomic E-state index is 0.125. The highest BCUT2D eigenvalue weighted by Crippen LogP contribution is 2.35. The van der Waals surface area contributed by atoms with E-state index in [0.717, 1.165) is 17.2 Å². The van der Waals surface area contributed by atoms with E-state index >= 15 is 0 Å².